The number of fused-ring (bicyclic) bond motifs is 2. The predicted octanol–water partition coefficient (Wildman–Crippen LogP) is 3.94. The minimum absolute atomic E-state index is 0.0288. The van der Waals surface area contributed by atoms with Crippen molar-refractivity contribution in [2.75, 3.05) is 56.3 Å². The Morgan fingerprint density at radius 1 is 0.962 bits per heavy atom. The summed E-state index contributed by atoms with van der Waals surface area (Å²) < 4.78 is 18.7. The fourth-order valence-corrected chi connectivity index (χ4v) is 8.36. The number of nitrogens with zero attached hydrogens (tertiary/aromatic N) is 3. The van der Waals surface area contributed by atoms with Gasteiger partial charge in [0, 0.05) is 57.7 Å². The normalized spacial score (nSPS) is 29.3. The maximum atomic E-state index is 14.9. The molecule has 0 aliphatic carbocycles. The SMILES string of the molecule is CCN(CC)c1ccc(N2CC=C[C@@]34O[C@H]5/C=C\CCC(=O)N[C@@H](COC)[C@H](c6ccccc6)OC(=O)[C@H]5[C@@H]3C(=O)N(CCCCCO)[C@H]4C2=O)cc1. The fourth-order valence-electron chi connectivity index (χ4n) is 8.36. The summed E-state index contributed by atoms with van der Waals surface area (Å²) in [6.45, 7) is 6.52. The van der Waals surface area contributed by atoms with Crippen LogP contribution in [0.1, 0.15) is 57.6 Å². The van der Waals surface area contributed by atoms with Gasteiger partial charge in [-0.05, 0) is 69.4 Å². The lowest BCUT2D eigenvalue weighted by molar-refractivity contribution is -0.162. The number of benzene rings is 2. The van der Waals surface area contributed by atoms with E-state index in [1.54, 1.807) is 22.0 Å². The Morgan fingerprint density at radius 3 is 2.42 bits per heavy atom. The molecule has 2 saturated heterocycles. The maximum absolute atomic E-state index is 14.9. The molecule has 53 heavy (non-hydrogen) atoms. The number of nitrogens with one attached hydrogen (secondary N) is 1. The molecule has 2 aromatic carbocycles. The molecule has 0 radical (unpaired) electrons. The molecule has 2 N–H and O–H groups in total. The Balaban J connectivity index is 1.40. The van der Waals surface area contributed by atoms with E-state index in [1.165, 1.54) is 7.11 Å². The quantitative estimate of drug-likeness (QED) is 0.189. The number of carbonyl (C=O) groups is 4. The number of allylic oxidation sites excluding steroid dienone is 1. The van der Waals surface area contributed by atoms with Crippen molar-refractivity contribution in [2.45, 2.75) is 75.8 Å². The van der Waals surface area contributed by atoms with E-state index in [0.717, 1.165) is 18.8 Å². The molecular weight excluding hydrogens is 676 g/mol. The van der Waals surface area contributed by atoms with E-state index in [4.69, 9.17) is 14.2 Å². The number of rotatable bonds is 12. The number of cyclic esters (lactones) is 1. The zero-order valence-corrected chi connectivity index (χ0v) is 30.9. The highest BCUT2D eigenvalue weighted by Crippen LogP contribution is 2.53. The molecule has 7 atom stereocenters. The van der Waals surface area contributed by atoms with Gasteiger partial charge in [-0.25, -0.2) is 0 Å². The highest BCUT2D eigenvalue weighted by atomic mass is 16.6. The van der Waals surface area contributed by atoms with E-state index in [-0.39, 0.29) is 50.4 Å². The van der Waals surface area contributed by atoms with Gasteiger partial charge in [0.15, 0.2) is 0 Å². The highest BCUT2D eigenvalue weighted by molar-refractivity contribution is 6.05. The zero-order valence-electron chi connectivity index (χ0n) is 30.9. The lowest BCUT2D eigenvalue weighted by atomic mass is 9.77. The van der Waals surface area contributed by atoms with Gasteiger partial charge in [-0.15, -0.1) is 0 Å². The molecule has 1 spiro atoms. The molecule has 12 heteroatoms. The number of anilines is 2. The highest BCUT2D eigenvalue weighted by Gasteiger charge is 2.71. The number of aliphatic hydroxyl groups is 1. The molecule has 0 bridgehead atoms. The summed E-state index contributed by atoms with van der Waals surface area (Å²) in [5, 5.41) is 12.4. The third-order valence-corrected chi connectivity index (χ3v) is 10.9. The standard InChI is InChI=1S/C41H52N4O8/c1-4-43(5-2)29-19-21-30(22-20-29)44-25-14-23-41-35(38(48)45(37(41)39(44)49)24-12-7-13-26-46)34-32(53-41)17-10-11-18-33(47)42-31(27-51-3)36(52-40(34)50)28-15-8-6-9-16-28/h6,8-10,14-17,19-23,31-32,34-37,46H,4-5,7,11-13,18,24-27H2,1-3H3,(H,42,47)/b17-10-/t31-,32-,34+,35+,36-,37-,41+/m0/s1. The molecular formula is C41H52N4O8. The summed E-state index contributed by atoms with van der Waals surface area (Å²) in [6.07, 6.45) is 7.74. The van der Waals surface area contributed by atoms with Gasteiger partial charge in [-0.2, -0.15) is 0 Å². The average molecular weight is 729 g/mol. The molecule has 0 aromatic heterocycles. The van der Waals surface area contributed by atoms with Crippen molar-refractivity contribution < 1.29 is 38.5 Å². The van der Waals surface area contributed by atoms with Gasteiger partial charge < -0.3 is 39.3 Å². The third kappa shape index (κ3) is 7.63. The first-order valence-corrected chi connectivity index (χ1v) is 18.9. The Labute approximate surface area is 311 Å². The van der Waals surface area contributed by atoms with Crippen LogP contribution in [0.3, 0.4) is 0 Å². The van der Waals surface area contributed by atoms with Crippen molar-refractivity contribution in [3.63, 3.8) is 0 Å². The molecule has 4 aliphatic heterocycles. The van der Waals surface area contributed by atoms with Crippen LogP contribution in [-0.2, 0) is 33.4 Å². The van der Waals surface area contributed by atoms with E-state index in [9.17, 15) is 24.3 Å². The third-order valence-electron chi connectivity index (χ3n) is 10.9. The van der Waals surface area contributed by atoms with Crippen LogP contribution in [0.2, 0.25) is 0 Å². The van der Waals surface area contributed by atoms with Crippen LogP contribution in [0.4, 0.5) is 11.4 Å². The van der Waals surface area contributed by atoms with Crippen molar-refractivity contribution >= 4 is 35.1 Å². The number of likely N-dealkylation sites (tertiary alicyclic amines) is 1. The summed E-state index contributed by atoms with van der Waals surface area (Å²) in [5.74, 6) is -3.65. The Bertz CT molecular complexity index is 1660. The lowest BCUT2D eigenvalue weighted by Crippen LogP contribution is -2.55. The number of esters is 1. The predicted molar refractivity (Wildman–Crippen MR) is 200 cm³/mol. The fraction of sp³-hybridized carbons (Fsp3) is 0.512. The van der Waals surface area contributed by atoms with Crippen molar-refractivity contribution in [1.82, 2.24) is 10.2 Å². The lowest BCUT2D eigenvalue weighted by Gasteiger charge is -2.35. The number of aliphatic hydroxyl groups excluding tert-OH is 1. The maximum Gasteiger partial charge on any atom is 0.313 e. The molecule has 284 valence electrons. The molecule has 4 aliphatic rings. The minimum atomic E-state index is -1.46. The second-order valence-corrected chi connectivity index (χ2v) is 14.1. The van der Waals surface area contributed by atoms with E-state index < -0.39 is 47.7 Å². The first kappa shape index (κ1) is 38.2. The largest absolute Gasteiger partial charge is 0.455 e. The summed E-state index contributed by atoms with van der Waals surface area (Å²) in [5.41, 5.74) is 0.948. The van der Waals surface area contributed by atoms with Crippen LogP contribution in [0.15, 0.2) is 78.9 Å². The number of carbonyl (C=O) groups excluding carboxylic acids is 4. The monoisotopic (exact) mass is 728 g/mol. The summed E-state index contributed by atoms with van der Waals surface area (Å²) in [4.78, 5) is 62.9. The average Bonchev–Trinajstić information content (AvgIpc) is 3.55. The van der Waals surface area contributed by atoms with Gasteiger partial charge in [-0.3, -0.25) is 19.2 Å². The number of ether oxygens (including phenoxy) is 3. The molecule has 6 rings (SSSR count). The summed E-state index contributed by atoms with van der Waals surface area (Å²) in [6, 6.07) is 15.3. The number of hydrogen-bond acceptors (Lipinski definition) is 9. The Kier molecular flexibility index (Phi) is 12.3. The number of unbranched alkanes of at least 4 members (excludes halogenated alkanes) is 2. The molecule has 2 fully saturated rings. The molecule has 3 amide bonds. The van der Waals surface area contributed by atoms with Crippen LogP contribution < -0.4 is 15.1 Å². The van der Waals surface area contributed by atoms with Crippen LogP contribution >= 0.6 is 0 Å². The molecule has 0 saturated carbocycles. The van der Waals surface area contributed by atoms with Crippen LogP contribution in [0.5, 0.6) is 0 Å². The first-order valence-electron chi connectivity index (χ1n) is 18.9. The van der Waals surface area contributed by atoms with Gasteiger partial charge in [-0.1, -0.05) is 54.6 Å². The van der Waals surface area contributed by atoms with Crippen LogP contribution in [-0.4, -0.2) is 104 Å². The Morgan fingerprint density at radius 2 is 1.72 bits per heavy atom. The van der Waals surface area contributed by atoms with Crippen molar-refractivity contribution in [2.24, 2.45) is 11.8 Å². The minimum Gasteiger partial charge on any atom is -0.455 e. The number of hydrogen-bond donors (Lipinski definition) is 2. The van der Waals surface area contributed by atoms with E-state index in [0.29, 0.717) is 36.9 Å². The first-order chi connectivity index (χ1) is 25.8. The van der Waals surface area contributed by atoms with E-state index >= 15 is 0 Å². The van der Waals surface area contributed by atoms with Crippen LogP contribution in [0, 0.1) is 11.8 Å². The van der Waals surface area contributed by atoms with Gasteiger partial charge >= 0.3 is 5.97 Å². The topological polar surface area (TPSA) is 138 Å². The number of methoxy groups -OCH3 is 1. The second-order valence-electron chi connectivity index (χ2n) is 14.1. The van der Waals surface area contributed by atoms with Gasteiger partial charge in [0.05, 0.1) is 24.7 Å². The smallest absolute Gasteiger partial charge is 0.313 e. The summed E-state index contributed by atoms with van der Waals surface area (Å²) in [7, 11) is 1.52. The molecule has 4 heterocycles. The molecule has 12 nitrogen and oxygen atoms in total. The van der Waals surface area contributed by atoms with Crippen molar-refractivity contribution in [3.8, 4) is 0 Å². The van der Waals surface area contributed by atoms with Crippen molar-refractivity contribution in [3.05, 3.63) is 84.5 Å². The van der Waals surface area contributed by atoms with Crippen molar-refractivity contribution in [1.29, 1.82) is 0 Å². The second kappa shape index (κ2) is 17.1. The number of amides is 3. The Hall–Kier alpha value is -4.52. The zero-order chi connectivity index (χ0) is 37.5. The van der Waals surface area contributed by atoms with Gasteiger partial charge in [0.2, 0.25) is 11.8 Å². The van der Waals surface area contributed by atoms with Gasteiger partial charge in [0.1, 0.15) is 23.7 Å². The van der Waals surface area contributed by atoms with E-state index in [2.05, 4.69) is 24.1 Å². The van der Waals surface area contributed by atoms with Gasteiger partial charge in [0.25, 0.3) is 5.91 Å². The summed E-state index contributed by atoms with van der Waals surface area (Å²) >= 11 is 0. The molecule has 0 unspecified atom stereocenters. The van der Waals surface area contributed by atoms with E-state index in [1.807, 2.05) is 66.7 Å². The van der Waals surface area contributed by atoms with Crippen LogP contribution in [0.25, 0.3) is 0 Å². The molecule has 2 aromatic rings.